The van der Waals surface area contributed by atoms with Gasteiger partial charge in [-0.1, -0.05) is 39.7 Å². The van der Waals surface area contributed by atoms with Gasteiger partial charge in [-0.3, -0.25) is 0 Å². The molecule has 0 unspecified atom stereocenters. The SMILES string of the molecule is C=C1CCC[C@@H]2Nc3c(F)cc(Br)cc3[C@]12CCNS(=O)(=O)c1ccc(Cl)cc1. The molecule has 29 heavy (non-hydrogen) atoms. The average Bonchev–Trinajstić information content (AvgIpc) is 2.98. The van der Waals surface area contributed by atoms with E-state index in [1.165, 1.54) is 18.2 Å². The summed E-state index contributed by atoms with van der Waals surface area (Å²) < 4.78 is 43.3. The lowest BCUT2D eigenvalue weighted by molar-refractivity contribution is 0.344. The van der Waals surface area contributed by atoms with E-state index in [0.717, 1.165) is 30.4 Å². The predicted octanol–water partition coefficient (Wildman–Crippen LogP) is 5.38. The van der Waals surface area contributed by atoms with Gasteiger partial charge in [0.15, 0.2) is 0 Å². The Labute approximate surface area is 183 Å². The Hall–Kier alpha value is -1.41. The zero-order valence-corrected chi connectivity index (χ0v) is 18.8. The Morgan fingerprint density at radius 1 is 1.31 bits per heavy atom. The fourth-order valence-electron chi connectivity index (χ4n) is 4.62. The summed E-state index contributed by atoms with van der Waals surface area (Å²) in [5.74, 6) is -0.308. The Bertz CT molecular complexity index is 1070. The molecule has 2 atom stereocenters. The average molecular weight is 500 g/mol. The molecule has 1 fully saturated rings. The van der Waals surface area contributed by atoms with E-state index in [9.17, 15) is 12.8 Å². The van der Waals surface area contributed by atoms with Crippen LogP contribution in [0.15, 0.2) is 57.9 Å². The van der Waals surface area contributed by atoms with Crippen molar-refractivity contribution in [3.63, 3.8) is 0 Å². The molecule has 2 aromatic rings. The molecular weight excluding hydrogens is 479 g/mol. The van der Waals surface area contributed by atoms with Crippen molar-refractivity contribution in [3.05, 3.63) is 69.4 Å². The number of anilines is 1. The molecule has 154 valence electrons. The molecule has 1 heterocycles. The first-order chi connectivity index (χ1) is 13.7. The number of hydrogen-bond acceptors (Lipinski definition) is 3. The monoisotopic (exact) mass is 498 g/mol. The quantitative estimate of drug-likeness (QED) is 0.543. The van der Waals surface area contributed by atoms with Crippen LogP contribution in [0.5, 0.6) is 0 Å². The van der Waals surface area contributed by atoms with Crippen molar-refractivity contribution in [2.45, 2.75) is 42.0 Å². The first-order valence-electron chi connectivity index (χ1n) is 9.43. The molecule has 2 aromatic carbocycles. The maximum absolute atomic E-state index is 14.6. The first-order valence-corrected chi connectivity index (χ1v) is 12.1. The van der Waals surface area contributed by atoms with Gasteiger partial charge in [0.1, 0.15) is 5.82 Å². The summed E-state index contributed by atoms with van der Waals surface area (Å²) in [6.45, 7) is 4.52. The third-order valence-electron chi connectivity index (χ3n) is 5.99. The molecule has 2 N–H and O–H groups in total. The van der Waals surface area contributed by atoms with Gasteiger partial charge in [0.25, 0.3) is 0 Å². The smallest absolute Gasteiger partial charge is 0.240 e. The molecule has 1 aliphatic heterocycles. The highest BCUT2D eigenvalue weighted by Gasteiger charge is 2.50. The zero-order valence-electron chi connectivity index (χ0n) is 15.6. The van der Waals surface area contributed by atoms with Gasteiger partial charge in [0.2, 0.25) is 10.0 Å². The van der Waals surface area contributed by atoms with Gasteiger partial charge in [-0.05, 0) is 67.6 Å². The summed E-state index contributed by atoms with van der Waals surface area (Å²) in [6.07, 6.45) is 3.20. The highest BCUT2D eigenvalue weighted by Crippen LogP contribution is 2.54. The molecule has 1 saturated carbocycles. The van der Waals surface area contributed by atoms with Gasteiger partial charge >= 0.3 is 0 Å². The van der Waals surface area contributed by atoms with Crippen LogP contribution in [0.25, 0.3) is 0 Å². The summed E-state index contributed by atoms with van der Waals surface area (Å²) in [6, 6.07) is 9.42. The number of sulfonamides is 1. The van der Waals surface area contributed by atoms with Crippen molar-refractivity contribution in [2.75, 3.05) is 11.9 Å². The largest absolute Gasteiger partial charge is 0.378 e. The maximum Gasteiger partial charge on any atom is 0.240 e. The Morgan fingerprint density at radius 3 is 2.76 bits per heavy atom. The summed E-state index contributed by atoms with van der Waals surface area (Å²) in [5, 5.41) is 3.82. The van der Waals surface area contributed by atoms with Crippen LogP contribution in [0.4, 0.5) is 10.1 Å². The summed E-state index contributed by atoms with van der Waals surface area (Å²) in [7, 11) is -3.66. The second-order valence-corrected chi connectivity index (χ2v) is 10.7. The van der Waals surface area contributed by atoms with Crippen LogP contribution in [0.3, 0.4) is 0 Å². The maximum atomic E-state index is 14.6. The van der Waals surface area contributed by atoms with E-state index in [0.29, 0.717) is 21.6 Å². The Morgan fingerprint density at radius 2 is 2.03 bits per heavy atom. The Kier molecular flexibility index (Phi) is 5.53. The second kappa shape index (κ2) is 7.69. The fraction of sp³-hybridized carbons (Fsp3) is 0.333. The van der Waals surface area contributed by atoms with Crippen LogP contribution < -0.4 is 10.0 Å². The van der Waals surface area contributed by atoms with E-state index in [2.05, 4.69) is 32.5 Å². The van der Waals surface area contributed by atoms with E-state index < -0.39 is 15.4 Å². The van der Waals surface area contributed by atoms with E-state index in [1.807, 2.05) is 6.07 Å². The van der Waals surface area contributed by atoms with Gasteiger partial charge in [-0.15, -0.1) is 0 Å². The Balaban J connectivity index is 1.62. The van der Waals surface area contributed by atoms with E-state index in [4.69, 9.17) is 11.6 Å². The van der Waals surface area contributed by atoms with Crippen molar-refractivity contribution in [3.8, 4) is 0 Å². The molecule has 4 nitrogen and oxygen atoms in total. The molecule has 0 radical (unpaired) electrons. The fourth-order valence-corrected chi connectivity index (χ4v) is 6.21. The number of halogens is 3. The molecule has 0 aromatic heterocycles. The minimum atomic E-state index is -3.66. The van der Waals surface area contributed by atoms with Crippen LogP contribution in [0.1, 0.15) is 31.2 Å². The highest BCUT2D eigenvalue weighted by atomic mass is 79.9. The van der Waals surface area contributed by atoms with E-state index >= 15 is 0 Å². The summed E-state index contributed by atoms with van der Waals surface area (Å²) in [5.41, 5.74) is 1.87. The predicted molar refractivity (Wildman–Crippen MR) is 117 cm³/mol. The third-order valence-corrected chi connectivity index (χ3v) is 8.17. The lowest BCUT2D eigenvalue weighted by Crippen LogP contribution is -2.45. The van der Waals surface area contributed by atoms with Crippen molar-refractivity contribution >= 4 is 43.2 Å². The van der Waals surface area contributed by atoms with Crippen molar-refractivity contribution in [1.82, 2.24) is 4.72 Å². The summed E-state index contributed by atoms with van der Waals surface area (Å²) >= 11 is 9.24. The molecule has 1 aliphatic carbocycles. The van der Waals surface area contributed by atoms with Gasteiger partial charge in [-0.25, -0.2) is 17.5 Å². The number of hydrogen-bond donors (Lipinski definition) is 2. The van der Waals surface area contributed by atoms with Gasteiger partial charge < -0.3 is 5.32 Å². The molecule has 0 saturated heterocycles. The molecule has 0 bridgehead atoms. The van der Waals surface area contributed by atoms with E-state index in [-0.39, 0.29) is 23.3 Å². The van der Waals surface area contributed by atoms with Crippen molar-refractivity contribution in [1.29, 1.82) is 0 Å². The lowest BCUT2D eigenvalue weighted by Gasteiger charge is -2.42. The zero-order chi connectivity index (χ0) is 20.8. The molecule has 0 spiro atoms. The number of nitrogens with one attached hydrogen (secondary N) is 2. The van der Waals surface area contributed by atoms with Crippen molar-refractivity contribution < 1.29 is 12.8 Å². The van der Waals surface area contributed by atoms with Crippen LogP contribution in [-0.4, -0.2) is 21.0 Å². The molecular formula is C21H21BrClFN2O2S. The van der Waals surface area contributed by atoms with Gasteiger partial charge in [-0.2, -0.15) is 0 Å². The standard InChI is InChI=1S/C21H21BrClFN2O2S/c1-13-3-2-4-19-21(13,17-11-14(22)12-18(24)20(17)26-19)9-10-25-29(27,28)16-7-5-15(23)6-8-16/h5-8,11-12,19,25-26H,1-4,9-10H2/t19-,21-/m0/s1. The summed E-state index contributed by atoms with van der Waals surface area (Å²) in [4.78, 5) is 0.164. The van der Waals surface area contributed by atoms with Crippen LogP contribution in [0, 0.1) is 5.82 Å². The molecule has 2 aliphatic rings. The van der Waals surface area contributed by atoms with E-state index in [1.54, 1.807) is 12.1 Å². The molecule has 4 rings (SSSR count). The molecule has 0 amide bonds. The van der Waals surface area contributed by atoms with Crippen LogP contribution >= 0.6 is 27.5 Å². The van der Waals surface area contributed by atoms with Crippen LogP contribution in [0.2, 0.25) is 5.02 Å². The number of rotatable bonds is 5. The minimum Gasteiger partial charge on any atom is -0.378 e. The highest BCUT2D eigenvalue weighted by molar-refractivity contribution is 9.10. The number of benzene rings is 2. The minimum absolute atomic E-state index is 0.00239. The van der Waals surface area contributed by atoms with Gasteiger partial charge in [0.05, 0.1) is 10.6 Å². The van der Waals surface area contributed by atoms with Gasteiger partial charge in [0, 0.05) is 27.5 Å². The van der Waals surface area contributed by atoms with Crippen molar-refractivity contribution in [2.24, 2.45) is 0 Å². The second-order valence-electron chi connectivity index (χ2n) is 7.58. The number of fused-ring (bicyclic) bond motifs is 3. The normalized spacial score (nSPS) is 23.4. The van der Waals surface area contributed by atoms with Crippen LogP contribution in [-0.2, 0) is 15.4 Å². The third kappa shape index (κ3) is 3.63. The first kappa shape index (κ1) is 20.8. The lowest BCUT2D eigenvalue weighted by atomic mass is 9.63. The molecule has 8 heteroatoms. The topological polar surface area (TPSA) is 58.2 Å².